The largest absolute Gasteiger partial charge is 0.441 e. The Balaban J connectivity index is 2.27. The van der Waals surface area contributed by atoms with Crippen LogP contribution in [0.4, 0.5) is 13.2 Å². The Kier molecular flexibility index (Phi) is 6.12. The zero-order valence-electron chi connectivity index (χ0n) is 8.65. The molecule has 0 unspecified atom stereocenters. The molecule has 17 heavy (non-hydrogen) atoms. The molecule has 1 aromatic rings. The summed E-state index contributed by atoms with van der Waals surface area (Å²) in [6, 6.07) is 5.42. The molecule has 0 aromatic heterocycles. The van der Waals surface area contributed by atoms with Gasteiger partial charge in [0.2, 0.25) is 0 Å². The fourth-order valence-electron chi connectivity index (χ4n) is 1.13. The third-order valence-electron chi connectivity index (χ3n) is 1.88. The summed E-state index contributed by atoms with van der Waals surface area (Å²) in [6.45, 7) is 0.751. The third kappa shape index (κ3) is 6.55. The van der Waals surface area contributed by atoms with Crippen molar-refractivity contribution in [3.8, 4) is 0 Å². The molecule has 7 heteroatoms. The molecule has 0 heterocycles. The van der Waals surface area contributed by atoms with E-state index in [-0.39, 0.29) is 24.1 Å². The van der Waals surface area contributed by atoms with Gasteiger partial charge in [-0.2, -0.15) is 13.2 Å². The van der Waals surface area contributed by atoms with Crippen LogP contribution in [-0.2, 0) is 6.54 Å². The van der Waals surface area contributed by atoms with Crippen LogP contribution in [0, 0.1) is 0 Å². The van der Waals surface area contributed by atoms with E-state index in [4.69, 9.17) is 11.6 Å². The average Bonchev–Trinajstić information content (AvgIpc) is 2.18. The molecule has 0 aliphatic carbocycles. The van der Waals surface area contributed by atoms with Crippen LogP contribution in [-0.4, -0.2) is 17.8 Å². The first kappa shape index (κ1) is 15.1. The van der Waals surface area contributed by atoms with E-state index in [0.717, 1.165) is 10.0 Å². The number of hydrogen-bond acceptors (Lipinski definition) is 2. The van der Waals surface area contributed by atoms with Gasteiger partial charge in [0.25, 0.3) is 0 Å². The summed E-state index contributed by atoms with van der Waals surface area (Å²) in [5.41, 5.74) is -3.29. The van der Waals surface area contributed by atoms with Crippen LogP contribution in [0.2, 0.25) is 5.02 Å². The molecule has 0 fully saturated rings. The van der Waals surface area contributed by atoms with Crippen molar-refractivity contribution in [2.24, 2.45) is 0 Å². The summed E-state index contributed by atoms with van der Waals surface area (Å²) in [5.74, 6) is -0.00233. The molecule has 0 radical (unpaired) electrons. The lowest BCUT2D eigenvalue weighted by atomic mass is 10.2. The van der Waals surface area contributed by atoms with Crippen LogP contribution in [0.1, 0.15) is 5.56 Å². The van der Waals surface area contributed by atoms with E-state index in [1.807, 2.05) is 12.1 Å². The Hall–Kier alpha value is 0.0900. The molecule has 1 rings (SSSR count). The van der Waals surface area contributed by atoms with Crippen LogP contribution in [0.25, 0.3) is 0 Å². The van der Waals surface area contributed by atoms with E-state index in [2.05, 4.69) is 21.2 Å². The monoisotopic (exact) mass is 347 g/mol. The third-order valence-corrected chi connectivity index (χ3v) is 3.46. The van der Waals surface area contributed by atoms with Crippen molar-refractivity contribution in [3.63, 3.8) is 0 Å². The lowest BCUT2D eigenvalue weighted by molar-refractivity contribution is -0.0327. The van der Waals surface area contributed by atoms with Gasteiger partial charge in [-0.05, 0) is 29.5 Å². The molecular weight excluding hydrogens is 339 g/mol. The minimum atomic E-state index is -4.16. The summed E-state index contributed by atoms with van der Waals surface area (Å²) < 4.78 is 36.3. The summed E-state index contributed by atoms with van der Waals surface area (Å²) in [7, 11) is 0. The van der Waals surface area contributed by atoms with Gasteiger partial charge in [-0.15, -0.1) is 0 Å². The van der Waals surface area contributed by atoms with Gasteiger partial charge in [0.05, 0.1) is 0 Å². The topological polar surface area (TPSA) is 12.0 Å². The lowest BCUT2D eigenvalue weighted by Crippen LogP contribution is -2.18. The zero-order chi connectivity index (χ0) is 12.9. The lowest BCUT2D eigenvalue weighted by Gasteiger charge is -2.08. The van der Waals surface area contributed by atoms with E-state index in [1.165, 1.54) is 0 Å². The molecule has 0 atom stereocenters. The van der Waals surface area contributed by atoms with Gasteiger partial charge in [-0.1, -0.05) is 33.6 Å². The standard InChI is InChI=1S/C10H10BrClF3NS/c11-8-2-1-7(9(12)5-8)6-16-3-4-17-10(13,14)15/h1-2,5,16H,3-4,6H2. The van der Waals surface area contributed by atoms with Gasteiger partial charge in [-0.25, -0.2) is 0 Å². The maximum atomic E-state index is 11.8. The fraction of sp³-hybridized carbons (Fsp3) is 0.400. The molecule has 0 amide bonds. The smallest absolute Gasteiger partial charge is 0.312 e. The fourth-order valence-corrected chi connectivity index (χ4v) is 2.35. The second-order valence-electron chi connectivity index (χ2n) is 3.21. The van der Waals surface area contributed by atoms with Crippen molar-refractivity contribution in [2.45, 2.75) is 12.1 Å². The van der Waals surface area contributed by atoms with Crippen molar-refractivity contribution < 1.29 is 13.2 Å². The van der Waals surface area contributed by atoms with Crippen molar-refractivity contribution in [2.75, 3.05) is 12.3 Å². The highest BCUT2D eigenvalue weighted by molar-refractivity contribution is 9.10. The number of nitrogens with one attached hydrogen (secondary N) is 1. The molecule has 0 aliphatic rings. The van der Waals surface area contributed by atoms with E-state index in [0.29, 0.717) is 11.6 Å². The second-order valence-corrected chi connectivity index (χ2v) is 5.69. The van der Waals surface area contributed by atoms with E-state index in [1.54, 1.807) is 6.07 Å². The Morgan fingerprint density at radius 2 is 2.06 bits per heavy atom. The molecule has 0 saturated carbocycles. The highest BCUT2D eigenvalue weighted by Crippen LogP contribution is 2.29. The molecular formula is C10H10BrClF3NS. The molecule has 0 spiro atoms. The van der Waals surface area contributed by atoms with Crippen LogP contribution < -0.4 is 5.32 Å². The summed E-state index contributed by atoms with van der Waals surface area (Å²) in [5, 5.41) is 3.51. The number of benzene rings is 1. The van der Waals surface area contributed by atoms with E-state index >= 15 is 0 Å². The molecule has 0 bridgehead atoms. The SMILES string of the molecule is FC(F)(F)SCCNCc1ccc(Br)cc1Cl. The van der Waals surface area contributed by atoms with Gasteiger partial charge in [0.1, 0.15) is 0 Å². The van der Waals surface area contributed by atoms with Crippen molar-refractivity contribution in [3.05, 3.63) is 33.3 Å². The number of alkyl halides is 3. The number of rotatable bonds is 5. The summed E-state index contributed by atoms with van der Waals surface area (Å²) >= 11 is 9.21. The van der Waals surface area contributed by atoms with Crippen LogP contribution in [0.15, 0.2) is 22.7 Å². The predicted molar refractivity (Wildman–Crippen MR) is 69.4 cm³/mol. The van der Waals surface area contributed by atoms with Gasteiger partial charge >= 0.3 is 5.51 Å². The zero-order valence-corrected chi connectivity index (χ0v) is 11.8. The van der Waals surface area contributed by atoms with Gasteiger partial charge in [0, 0.05) is 28.3 Å². The highest BCUT2D eigenvalue weighted by atomic mass is 79.9. The van der Waals surface area contributed by atoms with Crippen molar-refractivity contribution in [1.29, 1.82) is 0 Å². The number of thioether (sulfide) groups is 1. The number of halogens is 5. The van der Waals surface area contributed by atoms with Gasteiger partial charge < -0.3 is 5.32 Å². The Morgan fingerprint density at radius 3 is 2.65 bits per heavy atom. The first-order valence-electron chi connectivity index (χ1n) is 4.74. The Labute approximate surface area is 115 Å². The number of hydrogen-bond donors (Lipinski definition) is 1. The predicted octanol–water partition coefficient (Wildman–Crippen LogP) is 4.45. The Morgan fingerprint density at radius 1 is 1.35 bits per heavy atom. The first-order chi connectivity index (χ1) is 7.88. The quantitative estimate of drug-likeness (QED) is 0.789. The molecule has 1 N–H and O–H groups in total. The molecule has 0 aliphatic heterocycles. The van der Waals surface area contributed by atoms with Crippen LogP contribution >= 0.6 is 39.3 Å². The minimum Gasteiger partial charge on any atom is -0.312 e. The average molecular weight is 349 g/mol. The van der Waals surface area contributed by atoms with E-state index < -0.39 is 5.51 Å². The van der Waals surface area contributed by atoms with Crippen LogP contribution in [0.5, 0.6) is 0 Å². The highest BCUT2D eigenvalue weighted by Gasteiger charge is 2.27. The van der Waals surface area contributed by atoms with Crippen molar-refractivity contribution in [1.82, 2.24) is 5.32 Å². The summed E-state index contributed by atoms with van der Waals surface area (Å²) in [4.78, 5) is 0. The maximum Gasteiger partial charge on any atom is 0.441 e. The van der Waals surface area contributed by atoms with Crippen molar-refractivity contribution >= 4 is 39.3 Å². The van der Waals surface area contributed by atoms with Gasteiger partial charge in [-0.3, -0.25) is 0 Å². The van der Waals surface area contributed by atoms with Gasteiger partial charge in [0.15, 0.2) is 0 Å². The normalized spacial score (nSPS) is 11.8. The second kappa shape index (κ2) is 6.87. The molecule has 96 valence electrons. The minimum absolute atomic E-state index is 0.00233. The Bertz CT molecular complexity index is 373. The van der Waals surface area contributed by atoms with Crippen LogP contribution in [0.3, 0.4) is 0 Å². The molecule has 1 nitrogen and oxygen atoms in total. The summed E-state index contributed by atoms with van der Waals surface area (Å²) in [6.07, 6.45) is 0. The first-order valence-corrected chi connectivity index (χ1v) is 6.89. The molecule has 0 saturated heterocycles. The van der Waals surface area contributed by atoms with E-state index in [9.17, 15) is 13.2 Å². The molecule has 1 aromatic carbocycles. The maximum absolute atomic E-state index is 11.8.